The summed E-state index contributed by atoms with van der Waals surface area (Å²) in [6.07, 6.45) is 9.56. The van der Waals surface area contributed by atoms with Crippen LogP contribution < -0.4 is 0 Å². The zero-order valence-electron chi connectivity index (χ0n) is 29.6. The van der Waals surface area contributed by atoms with Crippen molar-refractivity contribution in [1.82, 2.24) is 23.6 Å². The molecule has 9 nitrogen and oxygen atoms in total. The molecule has 0 saturated heterocycles. The van der Waals surface area contributed by atoms with E-state index in [1.165, 1.54) is 15.6 Å². The van der Waals surface area contributed by atoms with E-state index in [-0.39, 0.29) is 16.6 Å². The summed E-state index contributed by atoms with van der Waals surface area (Å²) in [4.78, 5) is 18.9. The first-order valence-electron chi connectivity index (χ1n) is 17.2. The van der Waals surface area contributed by atoms with E-state index < -0.39 is 21.4 Å². The van der Waals surface area contributed by atoms with Gasteiger partial charge < -0.3 is 9.64 Å². The van der Waals surface area contributed by atoms with Crippen LogP contribution in [0.1, 0.15) is 43.9 Å². The maximum atomic E-state index is 15.8. The molecule has 11 heteroatoms. The van der Waals surface area contributed by atoms with E-state index in [0.29, 0.717) is 53.7 Å². The third kappa shape index (κ3) is 7.27. The minimum Gasteiger partial charge on any atom is -0.444 e. The Labute approximate surface area is 303 Å². The summed E-state index contributed by atoms with van der Waals surface area (Å²) in [5, 5.41) is 5.18. The molecule has 52 heavy (non-hydrogen) atoms. The van der Waals surface area contributed by atoms with Gasteiger partial charge in [-0.25, -0.2) is 26.6 Å². The molecule has 4 heterocycles. The van der Waals surface area contributed by atoms with Gasteiger partial charge in [0.05, 0.1) is 11.1 Å². The average Bonchev–Trinajstić information content (AvgIpc) is 3.76. The first-order chi connectivity index (χ1) is 24.9. The van der Waals surface area contributed by atoms with Gasteiger partial charge in [0, 0.05) is 65.9 Å². The van der Waals surface area contributed by atoms with Crippen molar-refractivity contribution < 1.29 is 22.3 Å². The first-order valence-corrected chi connectivity index (χ1v) is 18.7. The first kappa shape index (κ1) is 34.9. The van der Waals surface area contributed by atoms with Crippen LogP contribution in [0, 0.1) is 12.7 Å². The van der Waals surface area contributed by atoms with E-state index in [1.807, 2.05) is 75.0 Å². The van der Waals surface area contributed by atoms with Crippen molar-refractivity contribution in [2.45, 2.75) is 57.6 Å². The molecule has 0 N–H and O–H groups in total. The highest BCUT2D eigenvalue weighted by Gasteiger charge is 2.26. The van der Waals surface area contributed by atoms with Crippen molar-refractivity contribution in [3.05, 3.63) is 132 Å². The number of rotatable bonds is 8. The minimum absolute atomic E-state index is 0.148. The zero-order valence-corrected chi connectivity index (χ0v) is 30.4. The molecular weight excluding hydrogens is 678 g/mol. The fraction of sp³-hybridized carbons (Fsp3) is 0.244. The predicted octanol–water partition coefficient (Wildman–Crippen LogP) is 8.52. The fourth-order valence-corrected chi connectivity index (χ4v) is 7.67. The highest BCUT2D eigenvalue weighted by molar-refractivity contribution is 7.90. The van der Waals surface area contributed by atoms with E-state index in [4.69, 9.17) is 4.74 Å². The van der Waals surface area contributed by atoms with Crippen molar-refractivity contribution in [3.8, 4) is 22.3 Å². The van der Waals surface area contributed by atoms with Crippen molar-refractivity contribution in [3.63, 3.8) is 0 Å². The van der Waals surface area contributed by atoms with Gasteiger partial charge in [0.15, 0.2) is 5.65 Å². The van der Waals surface area contributed by atoms with Gasteiger partial charge in [-0.15, -0.1) is 0 Å². The number of amides is 1. The number of aromatic nitrogens is 4. The fourth-order valence-electron chi connectivity index (χ4n) is 6.35. The van der Waals surface area contributed by atoms with Crippen molar-refractivity contribution in [1.29, 1.82) is 0 Å². The molecule has 0 radical (unpaired) electrons. The zero-order chi connectivity index (χ0) is 36.6. The number of carbonyl (C=O) groups excluding carboxylic acids is 1. The van der Waals surface area contributed by atoms with Crippen LogP contribution in [0.3, 0.4) is 0 Å². The van der Waals surface area contributed by atoms with Gasteiger partial charge in [0.2, 0.25) is 0 Å². The van der Waals surface area contributed by atoms with Crippen LogP contribution >= 0.6 is 0 Å². The van der Waals surface area contributed by atoms with Gasteiger partial charge in [-0.2, -0.15) is 5.10 Å². The number of fused-ring (bicyclic) bond motifs is 1. The third-order valence-corrected chi connectivity index (χ3v) is 10.8. The second-order valence-corrected chi connectivity index (χ2v) is 15.9. The molecular formula is C41H40FN5O4S. The molecule has 0 saturated carbocycles. The van der Waals surface area contributed by atoms with Crippen molar-refractivity contribution in [2.24, 2.45) is 0 Å². The van der Waals surface area contributed by atoms with Gasteiger partial charge in [-0.05, 0) is 81.5 Å². The van der Waals surface area contributed by atoms with E-state index in [9.17, 15) is 13.2 Å². The largest absolute Gasteiger partial charge is 0.444 e. The Morgan fingerprint density at radius 3 is 2.37 bits per heavy atom. The van der Waals surface area contributed by atoms with Crippen LogP contribution in [0.15, 0.2) is 115 Å². The Balaban J connectivity index is 1.22. The Hall–Kier alpha value is -5.55. The quantitative estimate of drug-likeness (QED) is 0.157. The molecule has 1 amide bonds. The summed E-state index contributed by atoms with van der Waals surface area (Å²) in [5.74, 6) is -0.394. The topological polar surface area (TPSA) is 99.3 Å². The number of hydrogen-bond acceptors (Lipinski definition) is 6. The number of hydrogen-bond donors (Lipinski definition) is 0. The number of carbonyl (C=O) groups is 1. The molecule has 0 atom stereocenters. The summed E-state index contributed by atoms with van der Waals surface area (Å²) < 4.78 is 52.3. The Morgan fingerprint density at radius 1 is 0.904 bits per heavy atom. The van der Waals surface area contributed by atoms with E-state index in [1.54, 1.807) is 53.8 Å². The molecule has 6 aromatic rings. The molecule has 266 valence electrons. The molecule has 1 aliphatic rings. The molecule has 0 spiro atoms. The van der Waals surface area contributed by atoms with Crippen LogP contribution in [0.2, 0.25) is 0 Å². The summed E-state index contributed by atoms with van der Waals surface area (Å²) in [7, 11) is -4.00. The highest BCUT2D eigenvalue weighted by Crippen LogP contribution is 2.36. The third-order valence-electron chi connectivity index (χ3n) is 9.12. The normalized spacial score (nSPS) is 13.7. The second-order valence-electron chi connectivity index (χ2n) is 14.1. The van der Waals surface area contributed by atoms with Gasteiger partial charge in [-0.3, -0.25) is 4.68 Å². The van der Waals surface area contributed by atoms with Gasteiger partial charge in [0.25, 0.3) is 10.0 Å². The predicted molar refractivity (Wildman–Crippen MR) is 201 cm³/mol. The number of pyridine rings is 1. The van der Waals surface area contributed by atoms with Crippen molar-refractivity contribution in [2.75, 3.05) is 13.1 Å². The number of halogens is 1. The molecule has 7 rings (SSSR count). The molecule has 3 aromatic carbocycles. The number of nitrogens with zero attached hydrogens (tertiary/aromatic N) is 5. The van der Waals surface area contributed by atoms with Gasteiger partial charge in [0.1, 0.15) is 11.4 Å². The Bertz CT molecular complexity index is 2410. The van der Waals surface area contributed by atoms with E-state index in [0.717, 1.165) is 23.1 Å². The highest BCUT2D eigenvalue weighted by atomic mass is 32.2. The number of aryl methyl sites for hydroxylation is 3. The number of benzene rings is 3. The standard InChI is InChI=1S/C41H40FN5O4S/c1-28-10-13-34(14-11-28)52(49,50)47-27-37(33-25-44-46(26-33)21-16-29-8-6-5-7-9-29)36-22-32(24-43-39(36)47)31-12-15-35(38(42)23-31)30-17-19-45(20-18-30)40(48)51-41(2,3)4/h5-15,17,22-27H,16,18-21H2,1-4H3. The van der Waals surface area contributed by atoms with Crippen LogP contribution in [-0.4, -0.2) is 56.8 Å². The smallest absolute Gasteiger partial charge is 0.410 e. The lowest BCUT2D eigenvalue weighted by Crippen LogP contribution is -2.39. The molecule has 3 aromatic heterocycles. The molecule has 0 unspecified atom stereocenters. The van der Waals surface area contributed by atoms with E-state index >= 15 is 4.39 Å². The van der Waals surface area contributed by atoms with Crippen LogP contribution in [0.4, 0.5) is 9.18 Å². The van der Waals surface area contributed by atoms with Crippen LogP contribution in [0.25, 0.3) is 38.9 Å². The maximum absolute atomic E-state index is 15.8. The monoisotopic (exact) mass is 717 g/mol. The lowest BCUT2D eigenvalue weighted by Gasteiger charge is -2.29. The lowest BCUT2D eigenvalue weighted by atomic mass is 9.96. The lowest BCUT2D eigenvalue weighted by molar-refractivity contribution is 0.0270. The Morgan fingerprint density at radius 2 is 1.67 bits per heavy atom. The second kappa shape index (κ2) is 13.9. The van der Waals surface area contributed by atoms with Crippen LogP contribution in [-0.2, 0) is 27.7 Å². The Kier molecular flexibility index (Phi) is 9.31. The van der Waals surface area contributed by atoms with E-state index in [2.05, 4.69) is 22.2 Å². The summed E-state index contributed by atoms with van der Waals surface area (Å²) in [6.45, 7) is 8.79. The molecule has 0 bridgehead atoms. The van der Waals surface area contributed by atoms with Crippen molar-refractivity contribution >= 4 is 32.7 Å². The van der Waals surface area contributed by atoms with Crippen LogP contribution in [0.5, 0.6) is 0 Å². The average molecular weight is 718 g/mol. The molecule has 0 fully saturated rings. The molecule has 0 aliphatic carbocycles. The SMILES string of the molecule is Cc1ccc(S(=O)(=O)n2cc(-c3cnn(CCc4ccccc4)c3)c3cc(-c4ccc(C5=CCN(C(=O)OC(C)(C)C)CC5)c(F)c4)cnc32)cc1. The maximum Gasteiger partial charge on any atom is 0.410 e. The minimum atomic E-state index is -4.00. The van der Waals surface area contributed by atoms with Gasteiger partial charge >= 0.3 is 6.09 Å². The summed E-state index contributed by atoms with van der Waals surface area (Å²) in [5.41, 5.74) is 5.71. The summed E-state index contributed by atoms with van der Waals surface area (Å²) >= 11 is 0. The van der Waals surface area contributed by atoms with Gasteiger partial charge in [-0.1, -0.05) is 66.2 Å². The summed E-state index contributed by atoms with van der Waals surface area (Å²) in [6, 6.07) is 23.8. The number of ether oxygens (including phenoxy) is 1. The molecule has 1 aliphatic heterocycles.